The summed E-state index contributed by atoms with van der Waals surface area (Å²) in [5.41, 5.74) is 1.20. The Morgan fingerprint density at radius 3 is 2.80 bits per heavy atom. The topological polar surface area (TPSA) is 102 Å². The highest BCUT2D eigenvalue weighted by Gasteiger charge is 2.15. The van der Waals surface area contributed by atoms with Gasteiger partial charge < -0.3 is 10.2 Å². The van der Waals surface area contributed by atoms with E-state index in [4.69, 9.17) is 0 Å². The zero-order valence-corrected chi connectivity index (χ0v) is 13.4. The summed E-state index contributed by atoms with van der Waals surface area (Å²) in [7, 11) is 0. The van der Waals surface area contributed by atoms with Crippen LogP contribution in [0.15, 0.2) is 43.0 Å². The zero-order valence-electron chi connectivity index (χ0n) is 13.4. The van der Waals surface area contributed by atoms with Crippen molar-refractivity contribution in [2.45, 2.75) is 12.8 Å². The number of nitrogens with zero attached hydrogens (tertiary/aromatic N) is 7. The van der Waals surface area contributed by atoms with Crippen LogP contribution < -0.4 is 10.2 Å². The number of tetrazole rings is 1. The molecule has 0 aliphatic carbocycles. The molecule has 25 heavy (non-hydrogen) atoms. The van der Waals surface area contributed by atoms with Gasteiger partial charge in [0.05, 0.1) is 5.69 Å². The predicted octanol–water partition coefficient (Wildman–Crippen LogP) is 1.30. The molecular weight excluding hydrogens is 320 g/mol. The lowest BCUT2D eigenvalue weighted by molar-refractivity contribution is 0.102. The number of benzene rings is 1. The fourth-order valence-electron chi connectivity index (χ4n) is 2.79. The van der Waals surface area contributed by atoms with Crippen LogP contribution in [0.5, 0.6) is 0 Å². The molecule has 3 heterocycles. The Morgan fingerprint density at radius 2 is 2.00 bits per heavy atom. The van der Waals surface area contributed by atoms with E-state index in [9.17, 15) is 4.79 Å². The van der Waals surface area contributed by atoms with Crippen LogP contribution in [0.3, 0.4) is 0 Å². The first-order valence-electron chi connectivity index (χ1n) is 8.01. The van der Waals surface area contributed by atoms with Crippen molar-refractivity contribution in [1.29, 1.82) is 0 Å². The molecule has 1 amide bonds. The zero-order chi connectivity index (χ0) is 17.1. The maximum absolute atomic E-state index is 12.5. The first-order chi connectivity index (χ1) is 12.3. The summed E-state index contributed by atoms with van der Waals surface area (Å²) < 4.78 is 1.49. The van der Waals surface area contributed by atoms with Crippen LogP contribution in [-0.4, -0.2) is 49.2 Å². The fourth-order valence-corrected chi connectivity index (χ4v) is 2.79. The molecule has 0 unspecified atom stereocenters. The van der Waals surface area contributed by atoms with Crippen molar-refractivity contribution in [3.8, 4) is 5.69 Å². The molecule has 3 aromatic rings. The Kier molecular flexibility index (Phi) is 4.03. The summed E-state index contributed by atoms with van der Waals surface area (Å²) in [4.78, 5) is 23.1. The van der Waals surface area contributed by atoms with Gasteiger partial charge in [-0.25, -0.2) is 14.6 Å². The molecule has 1 aliphatic rings. The maximum atomic E-state index is 12.5. The number of aromatic nitrogens is 6. The third-order valence-corrected chi connectivity index (χ3v) is 4.05. The molecule has 1 saturated heterocycles. The molecule has 1 aromatic carbocycles. The van der Waals surface area contributed by atoms with Crippen LogP contribution >= 0.6 is 0 Å². The first-order valence-corrected chi connectivity index (χ1v) is 8.01. The minimum atomic E-state index is -0.249. The van der Waals surface area contributed by atoms with Gasteiger partial charge in [-0.2, -0.15) is 0 Å². The van der Waals surface area contributed by atoms with E-state index in [2.05, 4.69) is 35.7 Å². The molecule has 0 spiro atoms. The van der Waals surface area contributed by atoms with E-state index in [-0.39, 0.29) is 5.91 Å². The summed E-state index contributed by atoms with van der Waals surface area (Å²) in [6, 6.07) is 8.85. The van der Waals surface area contributed by atoms with Gasteiger partial charge >= 0.3 is 0 Å². The summed E-state index contributed by atoms with van der Waals surface area (Å²) in [5.74, 6) is 1.07. The molecule has 1 aliphatic heterocycles. The Hall–Kier alpha value is -3.36. The number of hydrogen-bond acceptors (Lipinski definition) is 7. The minimum absolute atomic E-state index is 0.249. The number of carbonyl (C=O) groups is 1. The van der Waals surface area contributed by atoms with Crippen molar-refractivity contribution in [1.82, 2.24) is 30.2 Å². The molecule has 9 nitrogen and oxygen atoms in total. The molecule has 1 fully saturated rings. The van der Waals surface area contributed by atoms with Crippen LogP contribution in [0, 0.1) is 0 Å². The van der Waals surface area contributed by atoms with Gasteiger partial charge in [0.1, 0.15) is 24.3 Å². The Balaban J connectivity index is 1.52. The lowest BCUT2D eigenvalue weighted by Gasteiger charge is -2.16. The smallest absolute Gasteiger partial charge is 0.256 e. The van der Waals surface area contributed by atoms with Crippen molar-refractivity contribution in [2.75, 3.05) is 23.3 Å². The van der Waals surface area contributed by atoms with E-state index in [0.29, 0.717) is 17.1 Å². The summed E-state index contributed by atoms with van der Waals surface area (Å²) in [5, 5.41) is 13.8. The van der Waals surface area contributed by atoms with Crippen LogP contribution in [0.4, 0.5) is 11.6 Å². The molecule has 4 rings (SSSR count). The second-order valence-electron chi connectivity index (χ2n) is 5.71. The van der Waals surface area contributed by atoms with Gasteiger partial charge in [0.2, 0.25) is 0 Å². The molecule has 1 N–H and O–H groups in total. The van der Waals surface area contributed by atoms with Crippen LogP contribution in [-0.2, 0) is 0 Å². The number of amides is 1. The summed E-state index contributed by atoms with van der Waals surface area (Å²) >= 11 is 0. The Labute approximate surface area is 143 Å². The van der Waals surface area contributed by atoms with E-state index in [0.717, 1.165) is 31.7 Å². The number of rotatable bonds is 4. The molecule has 0 saturated carbocycles. The third-order valence-electron chi connectivity index (χ3n) is 4.05. The summed E-state index contributed by atoms with van der Waals surface area (Å²) in [6.07, 6.45) is 5.27. The van der Waals surface area contributed by atoms with Crippen LogP contribution in [0.25, 0.3) is 5.69 Å². The van der Waals surface area contributed by atoms with E-state index in [1.165, 1.54) is 17.3 Å². The molecule has 126 valence electrons. The third kappa shape index (κ3) is 3.30. The second-order valence-corrected chi connectivity index (χ2v) is 5.71. The standard InChI is InChI=1S/C16H16N8O/c25-16(12-4-3-5-13(8-12)24-11-19-21-22-24)20-14-9-15(18-10-17-14)23-6-1-2-7-23/h3-5,8-11H,1-2,6-7H2,(H,17,18,20,25). The van der Waals surface area contributed by atoms with Gasteiger partial charge in [0.15, 0.2) is 0 Å². The lowest BCUT2D eigenvalue weighted by atomic mass is 10.2. The van der Waals surface area contributed by atoms with E-state index < -0.39 is 0 Å². The number of carbonyl (C=O) groups excluding carboxylic acids is 1. The average molecular weight is 336 g/mol. The molecule has 0 bridgehead atoms. The van der Waals surface area contributed by atoms with Gasteiger partial charge in [-0.05, 0) is 41.5 Å². The van der Waals surface area contributed by atoms with Gasteiger partial charge in [0.25, 0.3) is 5.91 Å². The van der Waals surface area contributed by atoms with Crippen molar-refractivity contribution < 1.29 is 4.79 Å². The predicted molar refractivity (Wildman–Crippen MR) is 90.6 cm³/mol. The molecule has 0 atom stereocenters. The van der Waals surface area contributed by atoms with Crippen LogP contribution in [0.2, 0.25) is 0 Å². The van der Waals surface area contributed by atoms with Gasteiger partial charge in [0, 0.05) is 24.7 Å². The van der Waals surface area contributed by atoms with Crippen molar-refractivity contribution in [2.24, 2.45) is 0 Å². The number of nitrogens with one attached hydrogen (secondary N) is 1. The van der Waals surface area contributed by atoms with Crippen LogP contribution in [0.1, 0.15) is 23.2 Å². The van der Waals surface area contributed by atoms with E-state index >= 15 is 0 Å². The van der Waals surface area contributed by atoms with E-state index in [1.807, 2.05) is 6.07 Å². The molecule has 0 radical (unpaired) electrons. The SMILES string of the molecule is O=C(Nc1cc(N2CCCC2)ncn1)c1cccc(-n2cnnn2)c1. The monoisotopic (exact) mass is 336 g/mol. The van der Waals surface area contributed by atoms with E-state index in [1.54, 1.807) is 24.3 Å². The molecular formula is C16H16N8O. The van der Waals surface area contributed by atoms with Gasteiger partial charge in [-0.15, -0.1) is 5.10 Å². The Bertz CT molecular complexity index is 873. The summed E-state index contributed by atoms with van der Waals surface area (Å²) in [6.45, 7) is 1.97. The van der Waals surface area contributed by atoms with Gasteiger partial charge in [-0.3, -0.25) is 4.79 Å². The van der Waals surface area contributed by atoms with Crippen molar-refractivity contribution >= 4 is 17.5 Å². The number of anilines is 2. The van der Waals surface area contributed by atoms with Crippen molar-refractivity contribution in [3.63, 3.8) is 0 Å². The first kappa shape index (κ1) is 15.2. The highest BCUT2D eigenvalue weighted by Crippen LogP contribution is 2.19. The Morgan fingerprint density at radius 1 is 1.12 bits per heavy atom. The highest BCUT2D eigenvalue weighted by atomic mass is 16.1. The highest BCUT2D eigenvalue weighted by molar-refractivity contribution is 6.04. The fraction of sp³-hybridized carbons (Fsp3) is 0.250. The number of hydrogen-bond donors (Lipinski definition) is 1. The minimum Gasteiger partial charge on any atom is -0.356 e. The van der Waals surface area contributed by atoms with Gasteiger partial charge in [-0.1, -0.05) is 6.07 Å². The second kappa shape index (κ2) is 6.63. The molecule has 2 aromatic heterocycles. The average Bonchev–Trinajstić information content (AvgIpc) is 3.36. The lowest BCUT2D eigenvalue weighted by Crippen LogP contribution is -2.20. The maximum Gasteiger partial charge on any atom is 0.256 e. The normalized spacial score (nSPS) is 13.8. The molecule has 9 heteroatoms. The van der Waals surface area contributed by atoms with Crippen molar-refractivity contribution in [3.05, 3.63) is 48.5 Å². The largest absolute Gasteiger partial charge is 0.356 e. The quantitative estimate of drug-likeness (QED) is 0.766.